The largest absolute Gasteiger partial charge is 0.374 e. The molecule has 0 amide bonds. The highest BCUT2D eigenvalue weighted by molar-refractivity contribution is 4.88. The van der Waals surface area contributed by atoms with E-state index in [9.17, 15) is 0 Å². The molecular formula is C9H16N2O. The van der Waals surface area contributed by atoms with E-state index >= 15 is 0 Å². The summed E-state index contributed by atoms with van der Waals surface area (Å²) in [6.45, 7) is 4.33. The number of ether oxygens (including phenoxy) is 1. The standard InChI is InChI=1S/C9H16N2O/c1-3-5-11(2)8-9-7-10-4-6-12-9/h1,9-10H,4-8H2,2H3. The van der Waals surface area contributed by atoms with E-state index in [1.165, 1.54) is 0 Å². The molecule has 1 aliphatic rings. The Hall–Kier alpha value is -0.560. The van der Waals surface area contributed by atoms with Gasteiger partial charge in [0.05, 0.1) is 19.3 Å². The fourth-order valence-corrected chi connectivity index (χ4v) is 1.31. The monoisotopic (exact) mass is 168 g/mol. The van der Waals surface area contributed by atoms with Gasteiger partial charge in [-0.2, -0.15) is 0 Å². The Morgan fingerprint density at radius 3 is 3.17 bits per heavy atom. The van der Waals surface area contributed by atoms with Crippen molar-refractivity contribution in [3.8, 4) is 12.3 Å². The van der Waals surface area contributed by atoms with Gasteiger partial charge in [0.25, 0.3) is 0 Å². The Morgan fingerprint density at radius 1 is 1.75 bits per heavy atom. The predicted molar refractivity (Wildman–Crippen MR) is 48.9 cm³/mol. The summed E-state index contributed by atoms with van der Waals surface area (Å²) in [5.41, 5.74) is 0. The summed E-state index contributed by atoms with van der Waals surface area (Å²) in [4.78, 5) is 2.09. The van der Waals surface area contributed by atoms with E-state index in [1.807, 2.05) is 7.05 Å². The van der Waals surface area contributed by atoms with Crippen molar-refractivity contribution in [3.63, 3.8) is 0 Å². The number of terminal acetylenes is 1. The van der Waals surface area contributed by atoms with E-state index in [4.69, 9.17) is 11.2 Å². The van der Waals surface area contributed by atoms with E-state index in [2.05, 4.69) is 16.1 Å². The molecule has 12 heavy (non-hydrogen) atoms. The number of rotatable bonds is 3. The van der Waals surface area contributed by atoms with Crippen LogP contribution in [0.1, 0.15) is 0 Å². The van der Waals surface area contributed by atoms with Crippen molar-refractivity contribution in [2.24, 2.45) is 0 Å². The van der Waals surface area contributed by atoms with Crippen molar-refractivity contribution in [1.29, 1.82) is 0 Å². The van der Waals surface area contributed by atoms with Crippen LogP contribution in [0, 0.1) is 12.3 Å². The first-order valence-corrected chi connectivity index (χ1v) is 4.27. The lowest BCUT2D eigenvalue weighted by molar-refractivity contribution is 0.0121. The van der Waals surface area contributed by atoms with Gasteiger partial charge in [-0.15, -0.1) is 6.42 Å². The highest BCUT2D eigenvalue weighted by atomic mass is 16.5. The highest BCUT2D eigenvalue weighted by Crippen LogP contribution is 1.97. The van der Waals surface area contributed by atoms with Crippen LogP contribution in [0.4, 0.5) is 0 Å². The number of likely N-dealkylation sites (N-methyl/N-ethyl adjacent to an activating group) is 1. The number of hydrogen-bond acceptors (Lipinski definition) is 3. The second kappa shape index (κ2) is 5.15. The third-order valence-corrected chi connectivity index (χ3v) is 1.88. The summed E-state index contributed by atoms with van der Waals surface area (Å²) < 4.78 is 5.52. The lowest BCUT2D eigenvalue weighted by Gasteiger charge is -2.26. The first-order valence-electron chi connectivity index (χ1n) is 4.27. The van der Waals surface area contributed by atoms with Gasteiger partial charge in [0, 0.05) is 19.6 Å². The van der Waals surface area contributed by atoms with E-state index in [1.54, 1.807) is 0 Å². The zero-order valence-electron chi connectivity index (χ0n) is 7.55. The van der Waals surface area contributed by atoms with Gasteiger partial charge in [-0.25, -0.2) is 0 Å². The highest BCUT2D eigenvalue weighted by Gasteiger charge is 2.14. The first kappa shape index (κ1) is 9.53. The van der Waals surface area contributed by atoms with Crippen molar-refractivity contribution in [3.05, 3.63) is 0 Å². The van der Waals surface area contributed by atoms with Gasteiger partial charge in [0.2, 0.25) is 0 Å². The normalized spacial score (nSPS) is 23.9. The summed E-state index contributed by atoms with van der Waals surface area (Å²) in [5.74, 6) is 2.61. The Bertz CT molecular complexity index is 158. The fourth-order valence-electron chi connectivity index (χ4n) is 1.31. The fraction of sp³-hybridized carbons (Fsp3) is 0.778. The summed E-state index contributed by atoms with van der Waals surface area (Å²) in [7, 11) is 2.01. The number of morpholine rings is 1. The van der Waals surface area contributed by atoms with E-state index in [0.29, 0.717) is 12.6 Å². The van der Waals surface area contributed by atoms with Crippen LogP contribution in [0.25, 0.3) is 0 Å². The molecule has 1 atom stereocenters. The van der Waals surface area contributed by atoms with Crippen molar-refractivity contribution in [2.45, 2.75) is 6.10 Å². The van der Waals surface area contributed by atoms with Crippen molar-refractivity contribution in [1.82, 2.24) is 10.2 Å². The average Bonchev–Trinajstić information content (AvgIpc) is 2.06. The van der Waals surface area contributed by atoms with Gasteiger partial charge in [0.1, 0.15) is 0 Å². The Balaban J connectivity index is 2.16. The molecule has 1 heterocycles. The van der Waals surface area contributed by atoms with Crippen molar-refractivity contribution in [2.75, 3.05) is 39.8 Å². The molecule has 1 rings (SSSR count). The van der Waals surface area contributed by atoms with Crippen LogP contribution in [0.2, 0.25) is 0 Å². The first-order chi connectivity index (χ1) is 5.83. The van der Waals surface area contributed by atoms with Crippen LogP contribution >= 0.6 is 0 Å². The average molecular weight is 168 g/mol. The maximum absolute atomic E-state index is 5.52. The molecule has 0 aromatic carbocycles. The quantitative estimate of drug-likeness (QED) is 0.577. The molecule has 3 nitrogen and oxygen atoms in total. The van der Waals surface area contributed by atoms with Gasteiger partial charge >= 0.3 is 0 Å². The van der Waals surface area contributed by atoms with Crippen LogP contribution < -0.4 is 5.32 Å². The molecule has 3 heteroatoms. The van der Waals surface area contributed by atoms with Crippen LogP contribution in [0.15, 0.2) is 0 Å². The van der Waals surface area contributed by atoms with Gasteiger partial charge in [-0.05, 0) is 7.05 Å². The molecule has 0 aromatic rings. The van der Waals surface area contributed by atoms with E-state index in [-0.39, 0.29) is 0 Å². The van der Waals surface area contributed by atoms with E-state index in [0.717, 1.165) is 26.2 Å². The molecule has 1 fully saturated rings. The summed E-state index contributed by atoms with van der Waals surface area (Å²) >= 11 is 0. The minimum atomic E-state index is 0.303. The minimum absolute atomic E-state index is 0.303. The lowest BCUT2D eigenvalue weighted by Crippen LogP contribution is -2.44. The number of hydrogen-bond donors (Lipinski definition) is 1. The summed E-state index contributed by atoms with van der Waals surface area (Å²) in [5, 5.41) is 3.28. The minimum Gasteiger partial charge on any atom is -0.374 e. The second-order valence-electron chi connectivity index (χ2n) is 3.10. The molecule has 0 aliphatic carbocycles. The number of nitrogens with one attached hydrogen (secondary N) is 1. The van der Waals surface area contributed by atoms with Gasteiger partial charge in [-0.1, -0.05) is 5.92 Å². The molecule has 0 bridgehead atoms. The van der Waals surface area contributed by atoms with Gasteiger partial charge < -0.3 is 10.1 Å². The van der Waals surface area contributed by atoms with Gasteiger partial charge in [0.15, 0.2) is 0 Å². The smallest absolute Gasteiger partial charge is 0.0826 e. The van der Waals surface area contributed by atoms with Crippen LogP contribution in [-0.4, -0.2) is 50.8 Å². The molecule has 1 unspecified atom stereocenters. The summed E-state index contributed by atoms with van der Waals surface area (Å²) in [6.07, 6.45) is 5.49. The Morgan fingerprint density at radius 2 is 2.58 bits per heavy atom. The zero-order chi connectivity index (χ0) is 8.81. The maximum atomic E-state index is 5.52. The topological polar surface area (TPSA) is 24.5 Å². The van der Waals surface area contributed by atoms with Gasteiger partial charge in [-0.3, -0.25) is 4.90 Å². The van der Waals surface area contributed by atoms with Crippen LogP contribution in [0.3, 0.4) is 0 Å². The third-order valence-electron chi connectivity index (χ3n) is 1.88. The molecule has 0 radical (unpaired) electrons. The predicted octanol–water partition coefficient (Wildman–Crippen LogP) is -0.460. The van der Waals surface area contributed by atoms with Crippen molar-refractivity contribution < 1.29 is 4.74 Å². The second-order valence-corrected chi connectivity index (χ2v) is 3.10. The van der Waals surface area contributed by atoms with E-state index < -0.39 is 0 Å². The molecule has 0 spiro atoms. The van der Waals surface area contributed by atoms with Crippen molar-refractivity contribution >= 4 is 0 Å². The third kappa shape index (κ3) is 3.22. The molecule has 1 saturated heterocycles. The molecule has 68 valence electrons. The zero-order valence-corrected chi connectivity index (χ0v) is 7.55. The van der Waals surface area contributed by atoms with Crippen LogP contribution in [0.5, 0.6) is 0 Å². The molecule has 0 saturated carbocycles. The Labute approximate surface area is 74.1 Å². The Kier molecular flexibility index (Phi) is 4.09. The van der Waals surface area contributed by atoms with Crippen LogP contribution in [-0.2, 0) is 4.74 Å². The SMILES string of the molecule is C#CCN(C)CC1CNCCO1. The molecule has 1 aliphatic heterocycles. The lowest BCUT2D eigenvalue weighted by atomic mass is 10.3. The maximum Gasteiger partial charge on any atom is 0.0826 e. The summed E-state index contributed by atoms with van der Waals surface area (Å²) in [6, 6.07) is 0. The molecule has 0 aromatic heterocycles. The number of nitrogens with zero attached hydrogens (tertiary/aromatic N) is 1. The molecular weight excluding hydrogens is 152 g/mol. The molecule has 1 N–H and O–H groups in total.